The van der Waals surface area contributed by atoms with Crippen LogP contribution in [0.15, 0.2) is 33.8 Å². The van der Waals surface area contributed by atoms with Gasteiger partial charge in [0.15, 0.2) is 0 Å². The number of hydrogen-bond acceptors (Lipinski definition) is 5. The third kappa shape index (κ3) is 4.12. The van der Waals surface area contributed by atoms with Gasteiger partial charge >= 0.3 is 0 Å². The standard InChI is InChI=1S/C20H19BrFN3O3S/c1-11-16(18(26)23-8-12-4-5-13(21)7-15(12)22)17-19(29-11)24-10-25(20(17)27)9-14-3-2-6-28-14/h4-5,7,10,14H,2-3,6,8-9H2,1H3,(H,23,26)/t14-/m0/s1. The van der Waals surface area contributed by atoms with Crippen molar-refractivity contribution in [2.75, 3.05) is 6.61 Å². The molecular formula is C20H19BrFN3O3S. The Morgan fingerprint density at radius 2 is 2.31 bits per heavy atom. The first-order valence-corrected chi connectivity index (χ1v) is 10.9. The van der Waals surface area contributed by atoms with Crippen LogP contribution in [0.5, 0.6) is 0 Å². The maximum absolute atomic E-state index is 14.0. The number of hydrogen-bond donors (Lipinski definition) is 1. The van der Waals surface area contributed by atoms with Crippen LogP contribution in [-0.4, -0.2) is 28.2 Å². The molecule has 1 aliphatic rings. The third-order valence-electron chi connectivity index (χ3n) is 4.96. The first-order valence-electron chi connectivity index (χ1n) is 9.26. The second-order valence-electron chi connectivity index (χ2n) is 6.97. The molecule has 152 valence electrons. The van der Waals surface area contributed by atoms with E-state index >= 15 is 0 Å². The Bertz CT molecular complexity index is 1140. The first-order chi connectivity index (χ1) is 13.9. The van der Waals surface area contributed by atoms with Crippen molar-refractivity contribution in [3.8, 4) is 0 Å². The Balaban J connectivity index is 1.62. The molecule has 1 saturated heterocycles. The smallest absolute Gasteiger partial charge is 0.262 e. The zero-order valence-corrected chi connectivity index (χ0v) is 18.1. The molecule has 0 unspecified atom stereocenters. The molecule has 0 bridgehead atoms. The lowest BCUT2D eigenvalue weighted by Crippen LogP contribution is -2.29. The fraction of sp³-hybridized carbons (Fsp3) is 0.350. The second kappa shape index (κ2) is 8.33. The number of thiophene rings is 1. The van der Waals surface area contributed by atoms with Gasteiger partial charge in [-0.05, 0) is 31.9 Å². The lowest BCUT2D eigenvalue weighted by atomic mass is 10.1. The van der Waals surface area contributed by atoms with Gasteiger partial charge in [-0.2, -0.15) is 0 Å². The van der Waals surface area contributed by atoms with Crippen molar-refractivity contribution in [2.24, 2.45) is 0 Å². The topological polar surface area (TPSA) is 73.2 Å². The number of carbonyl (C=O) groups is 1. The molecule has 9 heteroatoms. The number of ether oxygens (including phenoxy) is 1. The molecule has 29 heavy (non-hydrogen) atoms. The van der Waals surface area contributed by atoms with Gasteiger partial charge in [-0.1, -0.05) is 22.0 Å². The minimum atomic E-state index is -0.412. The van der Waals surface area contributed by atoms with Gasteiger partial charge in [-0.25, -0.2) is 9.37 Å². The summed E-state index contributed by atoms with van der Waals surface area (Å²) in [6.45, 7) is 2.93. The summed E-state index contributed by atoms with van der Waals surface area (Å²) in [5.74, 6) is -0.822. The fourth-order valence-corrected chi connectivity index (χ4v) is 4.79. The maximum Gasteiger partial charge on any atom is 0.262 e. The lowest BCUT2D eigenvalue weighted by Gasteiger charge is -2.11. The summed E-state index contributed by atoms with van der Waals surface area (Å²) in [7, 11) is 0. The second-order valence-corrected chi connectivity index (χ2v) is 9.09. The van der Waals surface area contributed by atoms with Crippen molar-refractivity contribution in [3.63, 3.8) is 0 Å². The Hall–Kier alpha value is -2.10. The third-order valence-corrected chi connectivity index (χ3v) is 6.47. The van der Waals surface area contributed by atoms with Gasteiger partial charge < -0.3 is 10.1 Å². The molecule has 1 amide bonds. The predicted molar refractivity (Wildman–Crippen MR) is 113 cm³/mol. The fourth-order valence-electron chi connectivity index (χ4n) is 3.48. The summed E-state index contributed by atoms with van der Waals surface area (Å²) in [5, 5.41) is 3.03. The summed E-state index contributed by atoms with van der Waals surface area (Å²) >= 11 is 4.51. The van der Waals surface area contributed by atoms with E-state index in [1.165, 1.54) is 28.3 Å². The Morgan fingerprint density at radius 3 is 3.03 bits per heavy atom. The number of carbonyl (C=O) groups excluding carboxylic acids is 1. The first kappa shape index (κ1) is 20.2. The van der Waals surface area contributed by atoms with Gasteiger partial charge in [0.25, 0.3) is 11.5 Å². The number of nitrogens with zero attached hydrogens (tertiary/aromatic N) is 2. The van der Waals surface area contributed by atoms with E-state index in [-0.39, 0.29) is 18.2 Å². The number of aryl methyl sites for hydroxylation is 1. The number of amides is 1. The molecule has 3 aromatic rings. The van der Waals surface area contributed by atoms with E-state index in [2.05, 4.69) is 26.2 Å². The van der Waals surface area contributed by atoms with Gasteiger partial charge in [0.05, 0.1) is 29.9 Å². The zero-order valence-electron chi connectivity index (χ0n) is 15.7. The summed E-state index contributed by atoms with van der Waals surface area (Å²) < 4.78 is 21.8. The number of halogens is 2. The highest BCUT2D eigenvalue weighted by molar-refractivity contribution is 9.10. The van der Waals surface area contributed by atoms with Crippen molar-refractivity contribution in [3.05, 3.63) is 61.2 Å². The van der Waals surface area contributed by atoms with Gasteiger partial charge in [-0.3, -0.25) is 14.2 Å². The van der Waals surface area contributed by atoms with Crippen LogP contribution >= 0.6 is 27.3 Å². The molecule has 6 nitrogen and oxygen atoms in total. The van der Waals surface area contributed by atoms with Crippen LogP contribution in [0, 0.1) is 12.7 Å². The average Bonchev–Trinajstić information content (AvgIpc) is 3.30. The van der Waals surface area contributed by atoms with Crippen molar-refractivity contribution >= 4 is 43.4 Å². The van der Waals surface area contributed by atoms with Gasteiger partial charge in [0, 0.05) is 28.1 Å². The number of nitrogens with one attached hydrogen (secondary N) is 1. The number of fused-ring (bicyclic) bond motifs is 1. The molecule has 4 rings (SSSR count). The molecule has 0 radical (unpaired) electrons. The normalized spacial score (nSPS) is 16.4. The monoisotopic (exact) mass is 479 g/mol. The van der Waals surface area contributed by atoms with Gasteiger partial charge in [0.1, 0.15) is 10.6 Å². The van der Waals surface area contributed by atoms with Crippen LogP contribution in [0.25, 0.3) is 10.2 Å². The van der Waals surface area contributed by atoms with E-state index in [0.29, 0.717) is 43.8 Å². The van der Waals surface area contributed by atoms with E-state index < -0.39 is 11.7 Å². The van der Waals surface area contributed by atoms with Crippen LogP contribution in [0.3, 0.4) is 0 Å². The molecular weight excluding hydrogens is 461 g/mol. The Morgan fingerprint density at radius 1 is 1.48 bits per heavy atom. The van der Waals surface area contributed by atoms with Gasteiger partial charge in [0.2, 0.25) is 0 Å². The van der Waals surface area contributed by atoms with E-state index in [1.54, 1.807) is 19.1 Å². The van der Waals surface area contributed by atoms with Crippen LogP contribution in [0.1, 0.15) is 33.6 Å². The van der Waals surface area contributed by atoms with Gasteiger partial charge in [-0.15, -0.1) is 11.3 Å². The largest absolute Gasteiger partial charge is 0.376 e. The molecule has 1 fully saturated rings. The summed E-state index contributed by atoms with van der Waals surface area (Å²) in [6, 6.07) is 4.66. The Kier molecular flexibility index (Phi) is 5.80. The van der Waals surface area contributed by atoms with E-state index in [1.807, 2.05) is 0 Å². The lowest BCUT2D eigenvalue weighted by molar-refractivity contribution is 0.0952. The highest BCUT2D eigenvalue weighted by Gasteiger charge is 2.23. The minimum absolute atomic E-state index is 0.00987. The van der Waals surface area contributed by atoms with Crippen molar-refractivity contribution in [1.29, 1.82) is 0 Å². The highest BCUT2D eigenvalue weighted by Crippen LogP contribution is 2.27. The quantitative estimate of drug-likeness (QED) is 0.604. The molecule has 2 aromatic heterocycles. The van der Waals surface area contributed by atoms with Crippen LogP contribution in [-0.2, 0) is 17.8 Å². The molecule has 1 aromatic carbocycles. The van der Waals surface area contributed by atoms with E-state index in [4.69, 9.17) is 4.74 Å². The predicted octanol–water partition coefficient (Wildman–Crippen LogP) is 3.78. The molecule has 1 atom stereocenters. The SMILES string of the molecule is Cc1sc2ncn(C[C@@H]3CCCO3)c(=O)c2c1C(=O)NCc1ccc(Br)cc1F. The highest BCUT2D eigenvalue weighted by atomic mass is 79.9. The molecule has 1 N–H and O–H groups in total. The Labute approximate surface area is 178 Å². The molecule has 0 saturated carbocycles. The van der Waals surface area contributed by atoms with E-state index in [9.17, 15) is 14.0 Å². The molecule has 3 heterocycles. The van der Waals surface area contributed by atoms with Crippen LogP contribution in [0.2, 0.25) is 0 Å². The van der Waals surface area contributed by atoms with Crippen molar-refractivity contribution in [1.82, 2.24) is 14.9 Å². The maximum atomic E-state index is 14.0. The number of benzene rings is 1. The number of rotatable bonds is 5. The number of aromatic nitrogens is 2. The average molecular weight is 480 g/mol. The summed E-state index contributed by atoms with van der Waals surface area (Å²) in [6.07, 6.45) is 3.39. The van der Waals surface area contributed by atoms with Crippen molar-refractivity contribution < 1.29 is 13.9 Å². The molecule has 0 aliphatic carbocycles. The van der Waals surface area contributed by atoms with Crippen molar-refractivity contribution in [2.45, 2.75) is 39.0 Å². The zero-order chi connectivity index (χ0) is 20.5. The molecule has 0 spiro atoms. The summed E-state index contributed by atoms with van der Waals surface area (Å²) in [4.78, 5) is 31.5. The van der Waals surface area contributed by atoms with Crippen LogP contribution < -0.4 is 10.9 Å². The minimum Gasteiger partial charge on any atom is -0.376 e. The van der Waals surface area contributed by atoms with E-state index in [0.717, 1.165) is 12.8 Å². The summed E-state index contributed by atoms with van der Waals surface area (Å²) in [5.41, 5.74) is 0.421. The van der Waals surface area contributed by atoms with Crippen LogP contribution in [0.4, 0.5) is 4.39 Å². The molecule has 1 aliphatic heterocycles.